The number of hydrogen-bond acceptors (Lipinski definition) is 3. The first-order chi connectivity index (χ1) is 9.33. The number of carbonyl (C=O) groups excluding carboxylic acids is 1. The van der Waals surface area contributed by atoms with Gasteiger partial charge in [-0.15, -0.1) is 0 Å². The van der Waals surface area contributed by atoms with Crippen LogP contribution in [0, 0.1) is 0 Å². The molecule has 2 heterocycles. The van der Waals surface area contributed by atoms with Gasteiger partial charge in [0.25, 0.3) is 0 Å². The molecule has 3 rings (SSSR count). The van der Waals surface area contributed by atoms with Gasteiger partial charge in [-0.25, -0.2) is 0 Å². The quantitative estimate of drug-likeness (QED) is 0.843. The van der Waals surface area contributed by atoms with Crippen LogP contribution in [0.3, 0.4) is 0 Å². The summed E-state index contributed by atoms with van der Waals surface area (Å²) in [6, 6.07) is 6.37. The highest BCUT2D eigenvalue weighted by Gasteiger charge is 2.21. The molecule has 0 saturated carbocycles. The first-order valence-corrected chi connectivity index (χ1v) is 8.27. The summed E-state index contributed by atoms with van der Waals surface area (Å²) in [6.45, 7) is 0.802. The molecule has 1 atom stereocenters. The van der Waals surface area contributed by atoms with Crippen molar-refractivity contribution in [2.75, 3.05) is 12.4 Å². The van der Waals surface area contributed by atoms with Crippen LogP contribution in [0.15, 0.2) is 18.2 Å². The largest absolute Gasteiger partial charge is 0.493 e. The maximum Gasteiger partial charge on any atom is 0.146 e. The van der Waals surface area contributed by atoms with Gasteiger partial charge in [0.15, 0.2) is 0 Å². The van der Waals surface area contributed by atoms with Gasteiger partial charge in [-0.2, -0.15) is 11.8 Å². The van der Waals surface area contributed by atoms with Gasteiger partial charge in [0, 0.05) is 12.8 Å². The van der Waals surface area contributed by atoms with E-state index in [1.54, 1.807) is 0 Å². The van der Waals surface area contributed by atoms with Gasteiger partial charge in [-0.3, -0.25) is 4.79 Å². The zero-order valence-electron chi connectivity index (χ0n) is 11.2. The highest BCUT2D eigenvalue weighted by Crippen LogP contribution is 2.28. The van der Waals surface area contributed by atoms with Crippen LogP contribution in [0.25, 0.3) is 0 Å². The fraction of sp³-hybridized carbons (Fsp3) is 0.562. The number of thioether (sulfide) groups is 1. The highest BCUT2D eigenvalue weighted by atomic mass is 32.2. The molecule has 3 heteroatoms. The molecule has 2 aliphatic heterocycles. The van der Waals surface area contributed by atoms with Gasteiger partial charge in [0.1, 0.15) is 11.5 Å². The van der Waals surface area contributed by atoms with Gasteiger partial charge in [0.05, 0.1) is 11.9 Å². The summed E-state index contributed by atoms with van der Waals surface area (Å²) in [6.07, 6.45) is 6.16. The van der Waals surface area contributed by atoms with Crippen LogP contribution >= 0.6 is 11.8 Å². The number of rotatable bonds is 4. The third-order valence-electron chi connectivity index (χ3n) is 3.95. The van der Waals surface area contributed by atoms with Gasteiger partial charge in [-0.05, 0) is 42.2 Å². The molecule has 1 aromatic rings. The molecule has 102 valence electrons. The van der Waals surface area contributed by atoms with Crippen LogP contribution in [0.5, 0.6) is 5.75 Å². The maximum absolute atomic E-state index is 12.2. The Balaban J connectivity index is 1.55. The minimum absolute atomic E-state index is 0.270. The first kappa shape index (κ1) is 13.0. The second-order valence-corrected chi connectivity index (χ2v) is 6.67. The number of ketones is 1. The Morgan fingerprint density at radius 1 is 1.37 bits per heavy atom. The van der Waals surface area contributed by atoms with Gasteiger partial charge >= 0.3 is 0 Å². The summed E-state index contributed by atoms with van der Waals surface area (Å²) in [5.41, 5.74) is 2.58. The smallest absolute Gasteiger partial charge is 0.146 e. The molecule has 0 aromatic heterocycles. The van der Waals surface area contributed by atoms with Crippen LogP contribution in [0.2, 0.25) is 0 Å². The van der Waals surface area contributed by atoms with E-state index in [1.807, 2.05) is 11.8 Å². The monoisotopic (exact) mass is 276 g/mol. The predicted octanol–water partition coefficient (Wildman–Crippen LogP) is 3.41. The van der Waals surface area contributed by atoms with E-state index in [4.69, 9.17) is 4.74 Å². The molecule has 2 nitrogen and oxygen atoms in total. The number of ether oxygens (including phenoxy) is 1. The van der Waals surface area contributed by atoms with Crippen LogP contribution in [0.1, 0.15) is 36.8 Å². The average Bonchev–Trinajstić information content (AvgIpc) is 2.93. The number of carbonyl (C=O) groups is 1. The molecule has 1 unspecified atom stereocenters. The summed E-state index contributed by atoms with van der Waals surface area (Å²) >= 11 is 1.86. The molecule has 0 N–H and O–H groups in total. The Morgan fingerprint density at radius 3 is 3.16 bits per heavy atom. The molecule has 2 aliphatic rings. The molecule has 19 heavy (non-hydrogen) atoms. The van der Waals surface area contributed by atoms with Crippen LogP contribution in [-0.4, -0.2) is 23.4 Å². The zero-order chi connectivity index (χ0) is 13.1. The first-order valence-electron chi connectivity index (χ1n) is 7.22. The maximum atomic E-state index is 12.2. The van der Waals surface area contributed by atoms with Crippen molar-refractivity contribution in [3.8, 4) is 5.75 Å². The Morgan fingerprint density at radius 2 is 2.32 bits per heavy atom. The highest BCUT2D eigenvalue weighted by molar-refractivity contribution is 8.00. The summed E-state index contributed by atoms with van der Waals surface area (Å²) in [7, 11) is 0. The fourth-order valence-electron chi connectivity index (χ4n) is 2.82. The molecule has 1 aromatic carbocycles. The van der Waals surface area contributed by atoms with Crippen LogP contribution in [-0.2, 0) is 17.6 Å². The van der Waals surface area contributed by atoms with Crippen molar-refractivity contribution in [1.82, 2.24) is 0 Å². The molecule has 0 aliphatic carbocycles. The summed E-state index contributed by atoms with van der Waals surface area (Å²) in [4.78, 5) is 12.2. The summed E-state index contributed by atoms with van der Waals surface area (Å²) in [5.74, 6) is 2.63. The predicted molar refractivity (Wildman–Crippen MR) is 79.1 cm³/mol. The van der Waals surface area contributed by atoms with Gasteiger partial charge in [-0.1, -0.05) is 18.6 Å². The van der Waals surface area contributed by atoms with E-state index < -0.39 is 0 Å². The lowest BCUT2D eigenvalue weighted by atomic mass is 10.0. The molecule has 0 spiro atoms. The summed E-state index contributed by atoms with van der Waals surface area (Å²) in [5, 5.41) is 0.270. The van der Waals surface area contributed by atoms with Crippen molar-refractivity contribution in [2.45, 2.75) is 43.8 Å². The lowest BCUT2D eigenvalue weighted by molar-refractivity contribution is -0.118. The van der Waals surface area contributed by atoms with E-state index in [-0.39, 0.29) is 5.25 Å². The number of Topliss-reactive ketones (excluding diaryl/α,β-unsaturated/α-hetero) is 1. The standard InChI is InChI=1S/C16H20O2S/c17-14(16-3-1-2-10-19-16)6-4-12-5-7-15-13(11-12)8-9-18-15/h5,7,11,16H,1-4,6,8-10H2. The van der Waals surface area contributed by atoms with Crippen molar-refractivity contribution < 1.29 is 9.53 Å². The number of aryl methyl sites for hydroxylation is 1. The van der Waals surface area contributed by atoms with E-state index in [0.717, 1.165) is 37.4 Å². The van der Waals surface area contributed by atoms with E-state index in [0.29, 0.717) is 12.2 Å². The Bertz CT molecular complexity index is 464. The van der Waals surface area contributed by atoms with Crippen molar-refractivity contribution in [3.05, 3.63) is 29.3 Å². The van der Waals surface area contributed by atoms with Crippen molar-refractivity contribution >= 4 is 17.5 Å². The third kappa shape index (κ3) is 3.14. The molecule has 0 radical (unpaired) electrons. The lowest BCUT2D eigenvalue weighted by Crippen LogP contribution is -2.21. The summed E-state index contributed by atoms with van der Waals surface area (Å²) < 4.78 is 5.50. The van der Waals surface area contributed by atoms with Gasteiger partial charge in [0.2, 0.25) is 0 Å². The van der Waals surface area contributed by atoms with Gasteiger partial charge < -0.3 is 4.74 Å². The van der Waals surface area contributed by atoms with E-state index >= 15 is 0 Å². The van der Waals surface area contributed by atoms with Crippen LogP contribution < -0.4 is 4.74 Å². The normalized spacial score (nSPS) is 21.8. The Kier molecular flexibility index (Phi) is 4.12. The number of hydrogen-bond donors (Lipinski definition) is 0. The average molecular weight is 276 g/mol. The fourth-order valence-corrected chi connectivity index (χ4v) is 4.11. The molecule has 0 bridgehead atoms. The van der Waals surface area contributed by atoms with Crippen molar-refractivity contribution in [3.63, 3.8) is 0 Å². The second-order valence-electron chi connectivity index (χ2n) is 5.36. The number of fused-ring (bicyclic) bond motifs is 1. The Labute approximate surface area is 118 Å². The molecule has 1 fully saturated rings. The zero-order valence-corrected chi connectivity index (χ0v) is 12.0. The molecule has 0 amide bonds. The SMILES string of the molecule is O=C(CCc1ccc2c(c1)CCO2)C1CCCCS1. The van der Waals surface area contributed by atoms with Crippen LogP contribution in [0.4, 0.5) is 0 Å². The van der Waals surface area contributed by atoms with E-state index in [1.165, 1.54) is 24.0 Å². The molecule has 1 saturated heterocycles. The topological polar surface area (TPSA) is 26.3 Å². The molecular weight excluding hydrogens is 256 g/mol. The van der Waals surface area contributed by atoms with E-state index in [2.05, 4.69) is 18.2 Å². The minimum Gasteiger partial charge on any atom is -0.493 e. The van der Waals surface area contributed by atoms with Crippen molar-refractivity contribution in [1.29, 1.82) is 0 Å². The minimum atomic E-state index is 0.270. The third-order valence-corrected chi connectivity index (χ3v) is 5.38. The van der Waals surface area contributed by atoms with E-state index in [9.17, 15) is 4.79 Å². The second kappa shape index (κ2) is 6.00. The Hall–Kier alpha value is -0.960. The molecular formula is C16H20O2S. The van der Waals surface area contributed by atoms with Crippen molar-refractivity contribution in [2.24, 2.45) is 0 Å². The lowest BCUT2D eigenvalue weighted by Gasteiger charge is -2.19. The number of benzene rings is 1.